The maximum absolute atomic E-state index is 11.6. The monoisotopic (exact) mass is 284 g/mol. The second kappa shape index (κ2) is 8.77. The smallest absolute Gasteiger partial charge is 0.257 e. The van der Waals surface area contributed by atoms with Crippen LogP contribution in [0, 0.1) is 5.92 Å². The molecule has 0 bridgehead atoms. The number of hydrogen-bond acceptors (Lipinski definition) is 3. The Morgan fingerprint density at radius 3 is 2.84 bits per heavy atom. The molecule has 1 unspecified atom stereocenters. The third-order valence-corrected chi connectivity index (χ3v) is 3.10. The molecule has 1 amide bonds. The molecule has 1 fully saturated rings. The van der Waals surface area contributed by atoms with E-state index in [0.717, 1.165) is 25.4 Å². The van der Waals surface area contributed by atoms with E-state index in [0.29, 0.717) is 5.92 Å². The fourth-order valence-electron chi connectivity index (χ4n) is 2.07. The van der Waals surface area contributed by atoms with Gasteiger partial charge in [0.05, 0.1) is 0 Å². The SMILES string of the molecule is Cl.O=C(COc1ccccc1)NCC1CCCNC1. The van der Waals surface area contributed by atoms with Gasteiger partial charge in [0.25, 0.3) is 5.91 Å². The van der Waals surface area contributed by atoms with Gasteiger partial charge in [-0.1, -0.05) is 18.2 Å². The highest BCUT2D eigenvalue weighted by Crippen LogP contribution is 2.09. The van der Waals surface area contributed by atoms with Gasteiger partial charge in [0.2, 0.25) is 0 Å². The molecule has 19 heavy (non-hydrogen) atoms. The van der Waals surface area contributed by atoms with Crippen molar-refractivity contribution in [1.29, 1.82) is 0 Å². The van der Waals surface area contributed by atoms with E-state index in [2.05, 4.69) is 10.6 Å². The van der Waals surface area contributed by atoms with Crippen molar-refractivity contribution in [2.24, 2.45) is 5.92 Å². The lowest BCUT2D eigenvalue weighted by Gasteiger charge is -2.22. The Kier molecular flexibility index (Phi) is 7.30. The first-order valence-electron chi connectivity index (χ1n) is 6.50. The van der Waals surface area contributed by atoms with E-state index in [1.807, 2.05) is 30.3 Å². The van der Waals surface area contributed by atoms with E-state index < -0.39 is 0 Å². The molecule has 4 nitrogen and oxygen atoms in total. The Morgan fingerprint density at radius 2 is 2.16 bits per heavy atom. The number of halogens is 1. The fourth-order valence-corrected chi connectivity index (χ4v) is 2.07. The molecule has 0 saturated carbocycles. The van der Waals surface area contributed by atoms with Crippen molar-refractivity contribution in [2.45, 2.75) is 12.8 Å². The summed E-state index contributed by atoms with van der Waals surface area (Å²) in [5.74, 6) is 1.23. The average Bonchev–Trinajstić information content (AvgIpc) is 2.45. The topological polar surface area (TPSA) is 50.4 Å². The van der Waals surface area contributed by atoms with Crippen LogP contribution in [0.1, 0.15) is 12.8 Å². The first-order valence-corrected chi connectivity index (χ1v) is 6.50. The minimum Gasteiger partial charge on any atom is -0.484 e. The van der Waals surface area contributed by atoms with Crippen molar-refractivity contribution >= 4 is 18.3 Å². The molecule has 2 rings (SSSR count). The van der Waals surface area contributed by atoms with Gasteiger partial charge in [-0.05, 0) is 44.0 Å². The highest BCUT2D eigenvalue weighted by molar-refractivity contribution is 5.85. The van der Waals surface area contributed by atoms with Gasteiger partial charge in [-0.25, -0.2) is 0 Å². The van der Waals surface area contributed by atoms with E-state index in [1.54, 1.807) is 0 Å². The number of benzene rings is 1. The minimum atomic E-state index is -0.0515. The van der Waals surface area contributed by atoms with Crippen molar-refractivity contribution < 1.29 is 9.53 Å². The van der Waals surface area contributed by atoms with Gasteiger partial charge < -0.3 is 15.4 Å². The van der Waals surface area contributed by atoms with Crippen molar-refractivity contribution in [2.75, 3.05) is 26.2 Å². The molecule has 106 valence electrons. The summed E-state index contributed by atoms with van der Waals surface area (Å²) >= 11 is 0. The van der Waals surface area contributed by atoms with Crippen LogP contribution < -0.4 is 15.4 Å². The second-order valence-corrected chi connectivity index (χ2v) is 4.62. The van der Waals surface area contributed by atoms with E-state index in [-0.39, 0.29) is 24.9 Å². The zero-order valence-electron chi connectivity index (χ0n) is 10.9. The summed E-state index contributed by atoms with van der Waals surface area (Å²) in [6, 6.07) is 9.39. The number of para-hydroxylation sites is 1. The van der Waals surface area contributed by atoms with E-state index in [1.165, 1.54) is 12.8 Å². The normalized spacial score (nSPS) is 18.2. The lowest BCUT2D eigenvalue weighted by Crippen LogP contribution is -2.39. The molecule has 0 radical (unpaired) electrons. The molecular weight excluding hydrogens is 264 g/mol. The maximum Gasteiger partial charge on any atom is 0.257 e. The van der Waals surface area contributed by atoms with Gasteiger partial charge in [0, 0.05) is 6.54 Å². The third kappa shape index (κ3) is 5.94. The molecule has 1 aromatic rings. The van der Waals surface area contributed by atoms with E-state index >= 15 is 0 Å². The number of piperidine rings is 1. The zero-order chi connectivity index (χ0) is 12.6. The summed E-state index contributed by atoms with van der Waals surface area (Å²) in [7, 11) is 0. The van der Waals surface area contributed by atoms with Crippen LogP contribution >= 0.6 is 12.4 Å². The quantitative estimate of drug-likeness (QED) is 0.864. The van der Waals surface area contributed by atoms with Crippen LogP contribution in [0.3, 0.4) is 0 Å². The number of ether oxygens (including phenoxy) is 1. The summed E-state index contributed by atoms with van der Waals surface area (Å²) in [4.78, 5) is 11.6. The number of carbonyl (C=O) groups is 1. The number of nitrogens with one attached hydrogen (secondary N) is 2. The minimum absolute atomic E-state index is 0. The summed E-state index contributed by atoms with van der Waals surface area (Å²) in [6.07, 6.45) is 2.38. The van der Waals surface area contributed by atoms with Crippen molar-refractivity contribution in [3.8, 4) is 5.75 Å². The van der Waals surface area contributed by atoms with E-state index in [9.17, 15) is 4.79 Å². The second-order valence-electron chi connectivity index (χ2n) is 4.62. The van der Waals surface area contributed by atoms with Crippen LogP contribution in [0.25, 0.3) is 0 Å². The maximum atomic E-state index is 11.6. The van der Waals surface area contributed by atoms with Crippen LogP contribution in [0.5, 0.6) is 5.75 Å². The Hall–Kier alpha value is -1.26. The van der Waals surface area contributed by atoms with Crippen LogP contribution in [0.2, 0.25) is 0 Å². The molecule has 1 saturated heterocycles. The van der Waals surface area contributed by atoms with Gasteiger partial charge in [-0.3, -0.25) is 4.79 Å². The Labute approximate surface area is 120 Å². The van der Waals surface area contributed by atoms with Crippen LogP contribution in [0.15, 0.2) is 30.3 Å². The fraction of sp³-hybridized carbons (Fsp3) is 0.500. The predicted octanol–water partition coefficient (Wildman–Crippen LogP) is 1.60. The highest BCUT2D eigenvalue weighted by Gasteiger charge is 2.13. The molecule has 5 heteroatoms. The Bertz CT molecular complexity index is 367. The largest absolute Gasteiger partial charge is 0.484 e. The number of carbonyl (C=O) groups excluding carboxylic acids is 1. The third-order valence-electron chi connectivity index (χ3n) is 3.10. The van der Waals surface area contributed by atoms with Crippen LogP contribution in [-0.2, 0) is 4.79 Å². The molecule has 2 N–H and O–H groups in total. The van der Waals surface area contributed by atoms with Gasteiger partial charge in [-0.15, -0.1) is 12.4 Å². The summed E-state index contributed by atoms with van der Waals surface area (Å²) in [5, 5.41) is 6.25. The van der Waals surface area contributed by atoms with Crippen LogP contribution in [0.4, 0.5) is 0 Å². The molecule has 1 aliphatic rings. The average molecular weight is 285 g/mol. The van der Waals surface area contributed by atoms with E-state index in [4.69, 9.17) is 4.74 Å². The number of amides is 1. The molecule has 1 heterocycles. The summed E-state index contributed by atoms with van der Waals surface area (Å²) in [6.45, 7) is 2.93. The molecule has 1 aromatic carbocycles. The van der Waals surface area contributed by atoms with Crippen molar-refractivity contribution in [3.05, 3.63) is 30.3 Å². The van der Waals surface area contributed by atoms with Gasteiger partial charge in [0.1, 0.15) is 5.75 Å². The standard InChI is InChI=1S/C14H20N2O2.ClH/c17-14(11-18-13-6-2-1-3-7-13)16-10-12-5-4-8-15-9-12;/h1-3,6-7,12,15H,4-5,8-11H2,(H,16,17);1H. The van der Waals surface area contributed by atoms with Crippen molar-refractivity contribution in [3.63, 3.8) is 0 Å². The number of hydrogen-bond donors (Lipinski definition) is 2. The lowest BCUT2D eigenvalue weighted by molar-refractivity contribution is -0.123. The Balaban J connectivity index is 0.00000180. The summed E-state index contributed by atoms with van der Waals surface area (Å²) < 4.78 is 5.38. The molecule has 0 aromatic heterocycles. The highest BCUT2D eigenvalue weighted by atomic mass is 35.5. The molecule has 1 atom stereocenters. The first-order chi connectivity index (χ1) is 8.84. The van der Waals surface area contributed by atoms with Crippen molar-refractivity contribution in [1.82, 2.24) is 10.6 Å². The number of rotatable bonds is 5. The lowest BCUT2D eigenvalue weighted by atomic mass is 10.00. The molecular formula is C14H21ClN2O2. The Morgan fingerprint density at radius 1 is 1.37 bits per heavy atom. The molecule has 1 aliphatic heterocycles. The van der Waals surface area contributed by atoms with Gasteiger partial charge in [0.15, 0.2) is 6.61 Å². The zero-order valence-corrected chi connectivity index (χ0v) is 11.7. The first kappa shape index (κ1) is 15.8. The molecule has 0 aliphatic carbocycles. The van der Waals surface area contributed by atoms with Gasteiger partial charge >= 0.3 is 0 Å². The van der Waals surface area contributed by atoms with Crippen LogP contribution in [-0.4, -0.2) is 32.1 Å². The summed E-state index contributed by atoms with van der Waals surface area (Å²) in [5.41, 5.74) is 0. The molecule has 0 spiro atoms. The predicted molar refractivity (Wildman–Crippen MR) is 77.8 cm³/mol. The van der Waals surface area contributed by atoms with Gasteiger partial charge in [-0.2, -0.15) is 0 Å².